The molecule has 6 heteroatoms. The standard InChI is InChI=1S/C11H18N4O2/c16-10-4-3-9(14-15-10)11(17)13-7-8-2-1-5-12-6-8/h8,12H,1-7H2,(H,13,17)(H,15,16). The maximum Gasteiger partial charge on any atom is 0.267 e. The first-order valence-electron chi connectivity index (χ1n) is 6.10. The van der Waals surface area contributed by atoms with Crippen LogP contribution in [0.4, 0.5) is 0 Å². The van der Waals surface area contributed by atoms with Crippen LogP contribution in [0.15, 0.2) is 5.10 Å². The lowest BCUT2D eigenvalue weighted by atomic mass is 9.99. The van der Waals surface area contributed by atoms with Crippen molar-refractivity contribution >= 4 is 17.5 Å². The number of rotatable bonds is 3. The number of nitrogens with zero attached hydrogens (tertiary/aromatic N) is 1. The van der Waals surface area contributed by atoms with E-state index in [0.717, 1.165) is 25.9 Å². The molecule has 17 heavy (non-hydrogen) atoms. The van der Waals surface area contributed by atoms with E-state index in [1.165, 1.54) is 0 Å². The molecule has 6 nitrogen and oxygen atoms in total. The number of hydrogen-bond acceptors (Lipinski definition) is 4. The van der Waals surface area contributed by atoms with Crippen molar-refractivity contribution in [2.45, 2.75) is 25.7 Å². The Labute approximate surface area is 100 Å². The highest BCUT2D eigenvalue weighted by atomic mass is 16.2. The van der Waals surface area contributed by atoms with Gasteiger partial charge in [-0.05, 0) is 31.8 Å². The lowest BCUT2D eigenvalue weighted by Gasteiger charge is -2.23. The number of amides is 2. The maximum absolute atomic E-state index is 11.7. The van der Waals surface area contributed by atoms with E-state index in [-0.39, 0.29) is 11.8 Å². The summed E-state index contributed by atoms with van der Waals surface area (Å²) in [6, 6.07) is 0. The maximum atomic E-state index is 11.7. The van der Waals surface area contributed by atoms with Crippen LogP contribution in [-0.4, -0.2) is 37.2 Å². The number of carbonyl (C=O) groups excluding carboxylic acids is 2. The summed E-state index contributed by atoms with van der Waals surface area (Å²) >= 11 is 0. The molecule has 2 amide bonds. The van der Waals surface area contributed by atoms with E-state index < -0.39 is 0 Å². The van der Waals surface area contributed by atoms with Crippen LogP contribution in [0, 0.1) is 5.92 Å². The summed E-state index contributed by atoms with van der Waals surface area (Å²) in [6.07, 6.45) is 3.09. The summed E-state index contributed by atoms with van der Waals surface area (Å²) < 4.78 is 0. The van der Waals surface area contributed by atoms with Gasteiger partial charge in [0, 0.05) is 19.4 Å². The van der Waals surface area contributed by atoms with Crippen LogP contribution in [-0.2, 0) is 9.59 Å². The molecule has 2 heterocycles. The van der Waals surface area contributed by atoms with Gasteiger partial charge in [-0.25, -0.2) is 5.43 Å². The molecule has 1 saturated heterocycles. The quantitative estimate of drug-likeness (QED) is 0.612. The first-order valence-corrected chi connectivity index (χ1v) is 6.10. The minimum atomic E-state index is -0.157. The molecule has 0 aromatic rings. The number of hydrazone groups is 1. The van der Waals surface area contributed by atoms with Crippen LogP contribution in [0.2, 0.25) is 0 Å². The Morgan fingerprint density at radius 3 is 3.00 bits per heavy atom. The number of piperidine rings is 1. The molecule has 0 aromatic carbocycles. The lowest BCUT2D eigenvalue weighted by Crippen LogP contribution is -2.42. The summed E-state index contributed by atoms with van der Waals surface area (Å²) in [6.45, 7) is 2.71. The van der Waals surface area contributed by atoms with Crippen molar-refractivity contribution in [3.63, 3.8) is 0 Å². The molecule has 1 fully saturated rings. The molecule has 2 rings (SSSR count). The van der Waals surface area contributed by atoms with E-state index in [0.29, 0.717) is 31.0 Å². The summed E-state index contributed by atoms with van der Waals surface area (Å²) in [5.41, 5.74) is 2.75. The third-order valence-corrected chi connectivity index (χ3v) is 3.12. The Kier molecular flexibility index (Phi) is 4.08. The van der Waals surface area contributed by atoms with Crippen LogP contribution in [0.5, 0.6) is 0 Å². The minimum Gasteiger partial charge on any atom is -0.351 e. The zero-order valence-corrected chi connectivity index (χ0v) is 9.79. The third kappa shape index (κ3) is 3.52. The fourth-order valence-electron chi connectivity index (χ4n) is 2.08. The van der Waals surface area contributed by atoms with Gasteiger partial charge < -0.3 is 10.6 Å². The molecule has 0 aromatic heterocycles. The summed E-state index contributed by atoms with van der Waals surface area (Å²) in [5, 5.41) is 9.94. The summed E-state index contributed by atoms with van der Waals surface area (Å²) in [5.74, 6) is 0.222. The Bertz CT molecular complexity index is 334. The third-order valence-electron chi connectivity index (χ3n) is 3.12. The molecule has 0 saturated carbocycles. The molecule has 0 bridgehead atoms. The Hall–Kier alpha value is -1.43. The molecule has 2 aliphatic heterocycles. The summed E-state index contributed by atoms with van der Waals surface area (Å²) in [4.78, 5) is 22.6. The van der Waals surface area contributed by atoms with E-state index >= 15 is 0 Å². The molecule has 0 aliphatic carbocycles. The van der Waals surface area contributed by atoms with Gasteiger partial charge in [-0.15, -0.1) is 0 Å². The van der Waals surface area contributed by atoms with Gasteiger partial charge in [0.1, 0.15) is 5.71 Å². The highest BCUT2D eigenvalue weighted by Crippen LogP contribution is 2.08. The molecule has 2 aliphatic rings. The van der Waals surface area contributed by atoms with Crippen LogP contribution in [0.25, 0.3) is 0 Å². The van der Waals surface area contributed by atoms with Crippen molar-refractivity contribution in [2.75, 3.05) is 19.6 Å². The van der Waals surface area contributed by atoms with Crippen molar-refractivity contribution in [1.29, 1.82) is 0 Å². The SMILES string of the molecule is O=C1CCC(C(=O)NCC2CCCNC2)=NN1. The zero-order valence-electron chi connectivity index (χ0n) is 9.79. The van der Waals surface area contributed by atoms with Crippen molar-refractivity contribution in [1.82, 2.24) is 16.1 Å². The van der Waals surface area contributed by atoms with Gasteiger partial charge in [-0.3, -0.25) is 9.59 Å². The van der Waals surface area contributed by atoms with E-state index in [9.17, 15) is 9.59 Å². The van der Waals surface area contributed by atoms with Crippen LogP contribution >= 0.6 is 0 Å². The molecule has 3 N–H and O–H groups in total. The van der Waals surface area contributed by atoms with Crippen LogP contribution in [0.3, 0.4) is 0 Å². The highest BCUT2D eigenvalue weighted by Gasteiger charge is 2.19. The van der Waals surface area contributed by atoms with Gasteiger partial charge in [0.05, 0.1) is 0 Å². The second kappa shape index (κ2) is 5.77. The molecule has 0 radical (unpaired) electrons. The second-order valence-electron chi connectivity index (χ2n) is 4.52. The molecular formula is C11H18N4O2. The Morgan fingerprint density at radius 2 is 2.35 bits per heavy atom. The second-order valence-corrected chi connectivity index (χ2v) is 4.52. The van der Waals surface area contributed by atoms with Crippen molar-refractivity contribution in [3.8, 4) is 0 Å². The van der Waals surface area contributed by atoms with Crippen LogP contribution in [0.1, 0.15) is 25.7 Å². The molecule has 94 valence electrons. The first-order chi connectivity index (χ1) is 8.25. The molecule has 1 atom stereocenters. The lowest BCUT2D eigenvalue weighted by molar-refractivity contribution is -0.121. The van der Waals surface area contributed by atoms with Crippen LogP contribution < -0.4 is 16.1 Å². The summed E-state index contributed by atoms with van der Waals surface area (Å²) in [7, 11) is 0. The number of hydrogen-bond donors (Lipinski definition) is 3. The van der Waals surface area contributed by atoms with Crippen molar-refractivity contribution in [2.24, 2.45) is 11.0 Å². The van der Waals surface area contributed by atoms with Crippen molar-refractivity contribution in [3.05, 3.63) is 0 Å². The molecular weight excluding hydrogens is 220 g/mol. The van der Waals surface area contributed by atoms with E-state index in [1.54, 1.807) is 0 Å². The Balaban J connectivity index is 1.75. The largest absolute Gasteiger partial charge is 0.351 e. The van der Waals surface area contributed by atoms with Gasteiger partial charge in [0.2, 0.25) is 5.91 Å². The Morgan fingerprint density at radius 1 is 1.47 bits per heavy atom. The van der Waals surface area contributed by atoms with Gasteiger partial charge in [-0.1, -0.05) is 0 Å². The zero-order chi connectivity index (χ0) is 12.1. The average molecular weight is 238 g/mol. The molecule has 0 spiro atoms. The normalized spacial score (nSPS) is 24.8. The predicted molar refractivity (Wildman–Crippen MR) is 63.4 cm³/mol. The first kappa shape index (κ1) is 12.0. The van der Waals surface area contributed by atoms with Gasteiger partial charge >= 0.3 is 0 Å². The topological polar surface area (TPSA) is 82.6 Å². The fourth-order valence-corrected chi connectivity index (χ4v) is 2.08. The number of carbonyl (C=O) groups is 2. The van der Waals surface area contributed by atoms with Gasteiger partial charge in [-0.2, -0.15) is 5.10 Å². The monoisotopic (exact) mass is 238 g/mol. The number of nitrogens with one attached hydrogen (secondary N) is 3. The highest BCUT2D eigenvalue weighted by molar-refractivity contribution is 6.39. The van der Waals surface area contributed by atoms with E-state index in [2.05, 4.69) is 21.2 Å². The van der Waals surface area contributed by atoms with E-state index in [4.69, 9.17) is 0 Å². The minimum absolute atomic E-state index is 0.127. The average Bonchev–Trinajstić information content (AvgIpc) is 2.38. The predicted octanol–water partition coefficient (Wildman–Crippen LogP) is -0.632. The van der Waals surface area contributed by atoms with Gasteiger partial charge in [0.15, 0.2) is 0 Å². The van der Waals surface area contributed by atoms with Crippen molar-refractivity contribution < 1.29 is 9.59 Å². The van der Waals surface area contributed by atoms with Gasteiger partial charge in [0.25, 0.3) is 5.91 Å². The smallest absolute Gasteiger partial charge is 0.267 e. The molecule has 1 unspecified atom stereocenters. The van der Waals surface area contributed by atoms with E-state index in [1.807, 2.05) is 0 Å². The fraction of sp³-hybridized carbons (Fsp3) is 0.727.